The summed E-state index contributed by atoms with van der Waals surface area (Å²) >= 11 is 0. The predicted molar refractivity (Wildman–Crippen MR) is 98.5 cm³/mol. The number of hydrogen-bond acceptors (Lipinski definition) is 5. The number of nitrogens with zero attached hydrogens (tertiary/aromatic N) is 1. The summed E-state index contributed by atoms with van der Waals surface area (Å²) in [5.74, 6) is 0.701. The Bertz CT molecular complexity index is 859. The third kappa shape index (κ3) is 3.95. The highest BCUT2D eigenvalue weighted by molar-refractivity contribution is 5.91. The molecule has 2 aromatic rings. The van der Waals surface area contributed by atoms with E-state index in [1.165, 1.54) is 11.6 Å². The number of anilines is 2. The van der Waals surface area contributed by atoms with E-state index in [-0.39, 0.29) is 12.5 Å². The number of ether oxygens (including phenoxy) is 2. The largest absolute Gasteiger partial charge is 0.465 e. The quantitative estimate of drug-likeness (QED) is 0.769. The molecule has 142 valence electrons. The third-order valence-electron chi connectivity index (χ3n) is 4.59. The Morgan fingerprint density at radius 1 is 1.26 bits per heavy atom. The van der Waals surface area contributed by atoms with Gasteiger partial charge in [-0.1, -0.05) is 6.07 Å². The van der Waals surface area contributed by atoms with E-state index >= 15 is 0 Å². The minimum absolute atomic E-state index is 0.0319. The third-order valence-corrected chi connectivity index (χ3v) is 4.59. The second kappa shape index (κ2) is 7.79. The van der Waals surface area contributed by atoms with Gasteiger partial charge in [0.05, 0.1) is 6.61 Å². The first-order valence-corrected chi connectivity index (χ1v) is 9.00. The van der Waals surface area contributed by atoms with Crippen LogP contribution in [0.1, 0.15) is 23.2 Å². The van der Waals surface area contributed by atoms with Crippen LogP contribution in [0.3, 0.4) is 0 Å². The predicted octanol–water partition coefficient (Wildman–Crippen LogP) is 2.81. The molecular formula is C19H21FN4O3. The van der Waals surface area contributed by atoms with Gasteiger partial charge in [-0.25, -0.2) is 14.2 Å². The van der Waals surface area contributed by atoms with E-state index in [2.05, 4.69) is 27.0 Å². The van der Waals surface area contributed by atoms with Gasteiger partial charge in [-0.3, -0.25) is 0 Å². The molecule has 0 unspecified atom stereocenters. The molecule has 2 aliphatic rings. The molecular weight excluding hydrogens is 351 g/mol. The molecule has 0 saturated heterocycles. The van der Waals surface area contributed by atoms with E-state index in [9.17, 15) is 9.18 Å². The molecule has 1 aromatic heterocycles. The molecule has 0 saturated carbocycles. The molecule has 0 aliphatic carbocycles. The molecule has 0 radical (unpaired) electrons. The number of urea groups is 1. The Morgan fingerprint density at radius 2 is 2.15 bits per heavy atom. The van der Waals surface area contributed by atoms with Gasteiger partial charge < -0.3 is 25.4 Å². The maximum Gasteiger partial charge on any atom is 0.319 e. The number of benzene rings is 1. The summed E-state index contributed by atoms with van der Waals surface area (Å²) in [6.07, 6.45) is 2.74. The van der Waals surface area contributed by atoms with Crippen LogP contribution in [-0.4, -0.2) is 30.9 Å². The monoisotopic (exact) mass is 372 g/mol. The fourth-order valence-electron chi connectivity index (χ4n) is 3.22. The molecule has 0 fully saturated rings. The fraction of sp³-hybridized carbons (Fsp3) is 0.368. The van der Waals surface area contributed by atoms with Gasteiger partial charge in [-0.05, 0) is 36.6 Å². The van der Waals surface area contributed by atoms with Gasteiger partial charge >= 0.3 is 6.03 Å². The fourth-order valence-corrected chi connectivity index (χ4v) is 3.22. The van der Waals surface area contributed by atoms with Crippen molar-refractivity contribution in [3.05, 3.63) is 46.9 Å². The van der Waals surface area contributed by atoms with Crippen LogP contribution in [-0.2, 0) is 24.2 Å². The number of carbonyl (C=O) groups excluding carboxylic acids is 1. The van der Waals surface area contributed by atoms with Gasteiger partial charge in [-0.15, -0.1) is 0 Å². The Kier molecular flexibility index (Phi) is 5.06. The summed E-state index contributed by atoms with van der Waals surface area (Å²) in [6, 6.07) is 6.44. The lowest BCUT2D eigenvalue weighted by molar-refractivity contribution is -0.0160. The molecule has 7 nitrogen and oxygen atoms in total. The molecule has 0 atom stereocenters. The highest BCUT2D eigenvalue weighted by atomic mass is 19.1. The van der Waals surface area contributed by atoms with Crippen molar-refractivity contribution in [2.75, 3.05) is 30.5 Å². The van der Waals surface area contributed by atoms with Crippen molar-refractivity contribution in [1.82, 2.24) is 10.3 Å². The van der Waals surface area contributed by atoms with Gasteiger partial charge in [0.2, 0.25) is 0 Å². The normalized spacial score (nSPS) is 15.0. The lowest BCUT2D eigenvalue weighted by Gasteiger charge is -2.21. The van der Waals surface area contributed by atoms with Crippen molar-refractivity contribution in [3.8, 4) is 5.75 Å². The van der Waals surface area contributed by atoms with Gasteiger partial charge in [0.25, 0.3) is 0 Å². The van der Waals surface area contributed by atoms with Crippen molar-refractivity contribution in [3.63, 3.8) is 0 Å². The molecule has 4 rings (SSSR count). The Balaban J connectivity index is 1.34. The number of rotatable bonds is 4. The Morgan fingerprint density at radius 3 is 3.07 bits per heavy atom. The molecule has 3 N–H and O–H groups in total. The summed E-state index contributed by atoms with van der Waals surface area (Å²) < 4.78 is 24.6. The zero-order valence-electron chi connectivity index (χ0n) is 14.8. The summed E-state index contributed by atoms with van der Waals surface area (Å²) in [5.41, 5.74) is 2.85. The molecule has 27 heavy (non-hydrogen) atoms. The van der Waals surface area contributed by atoms with Crippen LogP contribution in [0.2, 0.25) is 0 Å². The highest BCUT2D eigenvalue weighted by Crippen LogP contribution is 2.34. The molecule has 0 spiro atoms. The maximum absolute atomic E-state index is 14.1. The van der Waals surface area contributed by atoms with Crippen LogP contribution < -0.4 is 20.7 Å². The average molecular weight is 372 g/mol. The lowest BCUT2D eigenvalue weighted by Crippen LogP contribution is -2.31. The van der Waals surface area contributed by atoms with Crippen molar-refractivity contribution in [2.45, 2.75) is 25.9 Å². The molecule has 2 amide bonds. The molecule has 8 heteroatoms. The zero-order chi connectivity index (χ0) is 18.6. The van der Waals surface area contributed by atoms with Crippen LogP contribution >= 0.6 is 0 Å². The summed E-state index contributed by atoms with van der Waals surface area (Å²) in [6.45, 7) is 1.68. The van der Waals surface area contributed by atoms with Crippen LogP contribution in [0.25, 0.3) is 0 Å². The summed E-state index contributed by atoms with van der Waals surface area (Å²) in [5, 5.41) is 8.56. The maximum atomic E-state index is 14.1. The van der Waals surface area contributed by atoms with Crippen molar-refractivity contribution in [2.24, 2.45) is 0 Å². The van der Waals surface area contributed by atoms with Crippen LogP contribution in [0.15, 0.2) is 24.3 Å². The average Bonchev–Trinajstić information content (AvgIpc) is 2.70. The molecule has 3 heterocycles. The van der Waals surface area contributed by atoms with Crippen LogP contribution in [0.4, 0.5) is 20.7 Å². The number of carbonyl (C=O) groups is 1. The minimum atomic E-state index is -0.548. The molecule has 1 aromatic carbocycles. The van der Waals surface area contributed by atoms with E-state index < -0.39 is 11.8 Å². The first-order chi connectivity index (χ1) is 13.2. The van der Waals surface area contributed by atoms with Gasteiger partial charge in [0, 0.05) is 30.8 Å². The minimum Gasteiger partial charge on any atom is -0.465 e. The first-order valence-electron chi connectivity index (χ1n) is 9.00. The second-order valence-electron chi connectivity index (χ2n) is 6.49. The standard InChI is InChI=1S/C19H21FN4O3/c20-15-6-4-13-10-26-11-27-17(13)16(15)24-19(25)22-9-7-14-5-3-12-2-1-8-21-18(12)23-14/h3-6H,1-2,7-11H2,(H,21,23)(H2,22,24,25). The highest BCUT2D eigenvalue weighted by Gasteiger charge is 2.20. The van der Waals surface area contributed by atoms with Gasteiger partial charge in [-0.2, -0.15) is 0 Å². The number of halogens is 1. The van der Waals surface area contributed by atoms with Crippen molar-refractivity contribution in [1.29, 1.82) is 0 Å². The van der Waals surface area contributed by atoms with E-state index in [1.807, 2.05) is 6.07 Å². The summed E-state index contributed by atoms with van der Waals surface area (Å²) in [4.78, 5) is 16.8. The number of hydrogen-bond donors (Lipinski definition) is 3. The SMILES string of the molecule is O=C(NCCc1ccc2c(n1)NCCC2)Nc1c(F)ccc2c1OCOC2. The first kappa shape index (κ1) is 17.5. The van der Waals surface area contributed by atoms with E-state index in [1.54, 1.807) is 6.07 Å². The Labute approximate surface area is 156 Å². The number of aryl methyl sites for hydroxylation is 1. The van der Waals surface area contributed by atoms with Gasteiger partial charge in [0.15, 0.2) is 18.4 Å². The number of aromatic nitrogens is 1. The number of pyridine rings is 1. The van der Waals surface area contributed by atoms with Crippen LogP contribution in [0.5, 0.6) is 5.75 Å². The Hall–Kier alpha value is -2.87. The van der Waals surface area contributed by atoms with E-state index in [0.29, 0.717) is 30.9 Å². The van der Waals surface area contributed by atoms with Crippen molar-refractivity contribution >= 4 is 17.5 Å². The zero-order valence-corrected chi connectivity index (χ0v) is 14.8. The van der Waals surface area contributed by atoms with Crippen LogP contribution in [0, 0.1) is 5.82 Å². The van der Waals surface area contributed by atoms with E-state index in [0.717, 1.165) is 30.9 Å². The van der Waals surface area contributed by atoms with Crippen molar-refractivity contribution < 1.29 is 18.7 Å². The lowest BCUT2D eigenvalue weighted by atomic mass is 10.1. The summed E-state index contributed by atoms with van der Waals surface area (Å²) in [7, 11) is 0. The number of fused-ring (bicyclic) bond motifs is 2. The van der Waals surface area contributed by atoms with Gasteiger partial charge in [0.1, 0.15) is 11.5 Å². The smallest absolute Gasteiger partial charge is 0.319 e. The number of amides is 2. The van der Waals surface area contributed by atoms with E-state index in [4.69, 9.17) is 9.47 Å². The molecule has 0 bridgehead atoms. The number of nitrogens with one attached hydrogen (secondary N) is 3. The second-order valence-corrected chi connectivity index (χ2v) is 6.49. The molecule has 2 aliphatic heterocycles. The topological polar surface area (TPSA) is 84.5 Å².